The molecule has 0 aromatic heterocycles. The van der Waals surface area contributed by atoms with Crippen LogP contribution in [0.25, 0.3) is 0 Å². The van der Waals surface area contributed by atoms with Crippen LogP contribution in [0.2, 0.25) is 5.02 Å². The van der Waals surface area contributed by atoms with Gasteiger partial charge in [0.1, 0.15) is 5.82 Å². The maximum absolute atomic E-state index is 13.3. The van der Waals surface area contributed by atoms with E-state index in [0.29, 0.717) is 5.92 Å². The zero-order valence-electron chi connectivity index (χ0n) is 10.3. The summed E-state index contributed by atoms with van der Waals surface area (Å²) in [4.78, 5) is 0. The monoisotopic (exact) mass is 258 g/mol. The number of hydrogen-bond acceptors (Lipinski definition) is 2. The van der Waals surface area contributed by atoms with Crippen LogP contribution in [0.3, 0.4) is 0 Å². The summed E-state index contributed by atoms with van der Waals surface area (Å²) in [5, 5.41) is 0.161. The van der Waals surface area contributed by atoms with Gasteiger partial charge in [0.05, 0.1) is 5.02 Å². The van der Waals surface area contributed by atoms with Gasteiger partial charge in [0.15, 0.2) is 0 Å². The van der Waals surface area contributed by atoms with Gasteiger partial charge in [-0.25, -0.2) is 4.39 Å². The van der Waals surface area contributed by atoms with Crippen molar-refractivity contribution in [1.29, 1.82) is 0 Å². The summed E-state index contributed by atoms with van der Waals surface area (Å²) < 4.78 is 13.3. The molecule has 4 heteroatoms. The highest BCUT2D eigenvalue weighted by Gasteiger charge is 2.17. The van der Waals surface area contributed by atoms with Crippen molar-refractivity contribution in [2.75, 3.05) is 0 Å². The van der Waals surface area contributed by atoms with Gasteiger partial charge in [0.2, 0.25) is 0 Å². The Labute approximate surface area is 107 Å². The predicted octanol–water partition coefficient (Wildman–Crippen LogP) is 3.29. The minimum absolute atomic E-state index is 0.161. The Kier molecular flexibility index (Phi) is 5.89. The van der Waals surface area contributed by atoms with Crippen LogP contribution >= 0.6 is 11.6 Å². The van der Waals surface area contributed by atoms with E-state index in [2.05, 4.69) is 19.3 Å². The van der Waals surface area contributed by atoms with Gasteiger partial charge in [-0.1, -0.05) is 44.4 Å². The first-order chi connectivity index (χ1) is 8.12. The number of benzene rings is 1. The number of rotatable bonds is 6. The summed E-state index contributed by atoms with van der Waals surface area (Å²) >= 11 is 5.65. The van der Waals surface area contributed by atoms with Crippen LogP contribution < -0.4 is 11.3 Å². The highest BCUT2D eigenvalue weighted by molar-refractivity contribution is 6.30. The molecule has 0 saturated heterocycles. The second kappa shape index (κ2) is 6.94. The van der Waals surface area contributed by atoms with Crippen molar-refractivity contribution in [3.8, 4) is 0 Å². The number of nitrogens with one attached hydrogen (secondary N) is 1. The van der Waals surface area contributed by atoms with E-state index in [9.17, 15) is 4.39 Å². The molecule has 2 nitrogen and oxygen atoms in total. The minimum atomic E-state index is -0.371. The Morgan fingerprint density at radius 2 is 2.00 bits per heavy atom. The molecule has 1 unspecified atom stereocenters. The van der Waals surface area contributed by atoms with E-state index in [1.807, 2.05) is 6.07 Å². The van der Waals surface area contributed by atoms with Gasteiger partial charge in [0, 0.05) is 6.04 Å². The number of halogens is 2. The van der Waals surface area contributed by atoms with Crippen molar-refractivity contribution in [3.63, 3.8) is 0 Å². The molecule has 0 spiro atoms. The van der Waals surface area contributed by atoms with E-state index in [1.165, 1.54) is 6.07 Å². The second-order valence-corrected chi connectivity index (χ2v) is 4.71. The van der Waals surface area contributed by atoms with Gasteiger partial charge < -0.3 is 0 Å². The second-order valence-electron chi connectivity index (χ2n) is 4.30. The summed E-state index contributed by atoms with van der Waals surface area (Å²) in [6.45, 7) is 4.28. The van der Waals surface area contributed by atoms with Gasteiger partial charge in [0.25, 0.3) is 0 Å². The molecule has 0 fully saturated rings. The standard InChI is InChI=1S/C13H20ClFN2/c1-3-10(4-2)13(17-16)8-9-5-6-11(14)12(15)7-9/h5-7,10,13,17H,3-4,8,16H2,1-2H3. The van der Waals surface area contributed by atoms with E-state index < -0.39 is 0 Å². The van der Waals surface area contributed by atoms with Crippen molar-refractivity contribution in [3.05, 3.63) is 34.6 Å². The van der Waals surface area contributed by atoms with Crippen LogP contribution in [0.5, 0.6) is 0 Å². The summed E-state index contributed by atoms with van der Waals surface area (Å²) in [6.07, 6.45) is 2.83. The van der Waals surface area contributed by atoms with Crippen molar-refractivity contribution in [2.24, 2.45) is 11.8 Å². The predicted molar refractivity (Wildman–Crippen MR) is 70.3 cm³/mol. The topological polar surface area (TPSA) is 38.0 Å². The van der Waals surface area contributed by atoms with Crippen LogP contribution in [0.1, 0.15) is 32.3 Å². The van der Waals surface area contributed by atoms with Crippen molar-refractivity contribution < 1.29 is 4.39 Å². The molecule has 1 atom stereocenters. The Morgan fingerprint density at radius 3 is 2.47 bits per heavy atom. The van der Waals surface area contributed by atoms with Crippen LogP contribution in [0.15, 0.2) is 18.2 Å². The SMILES string of the molecule is CCC(CC)C(Cc1ccc(Cl)c(F)c1)NN. The number of hydrazine groups is 1. The minimum Gasteiger partial charge on any atom is -0.271 e. The fourth-order valence-corrected chi connectivity index (χ4v) is 2.26. The van der Waals surface area contributed by atoms with Crippen molar-refractivity contribution >= 4 is 11.6 Å². The van der Waals surface area contributed by atoms with Gasteiger partial charge in [-0.2, -0.15) is 0 Å². The molecule has 17 heavy (non-hydrogen) atoms. The molecule has 0 aliphatic heterocycles. The average molecular weight is 259 g/mol. The zero-order valence-corrected chi connectivity index (χ0v) is 11.1. The summed E-state index contributed by atoms with van der Waals surface area (Å²) in [5.74, 6) is 5.70. The molecule has 0 aliphatic rings. The zero-order chi connectivity index (χ0) is 12.8. The first kappa shape index (κ1) is 14.4. The lowest BCUT2D eigenvalue weighted by Gasteiger charge is -2.24. The molecule has 0 aliphatic carbocycles. The van der Waals surface area contributed by atoms with E-state index in [1.54, 1.807) is 6.07 Å². The lowest BCUT2D eigenvalue weighted by atomic mass is 9.90. The molecular weight excluding hydrogens is 239 g/mol. The third-order valence-corrected chi connectivity index (χ3v) is 3.58. The number of hydrogen-bond donors (Lipinski definition) is 2. The first-order valence-corrected chi connectivity index (χ1v) is 6.40. The van der Waals surface area contributed by atoms with Crippen molar-refractivity contribution in [2.45, 2.75) is 39.2 Å². The molecule has 1 aromatic carbocycles. The molecule has 1 aromatic rings. The van der Waals surface area contributed by atoms with E-state index in [-0.39, 0.29) is 16.9 Å². The maximum Gasteiger partial charge on any atom is 0.142 e. The van der Waals surface area contributed by atoms with E-state index in [0.717, 1.165) is 24.8 Å². The highest BCUT2D eigenvalue weighted by Crippen LogP contribution is 2.20. The van der Waals surface area contributed by atoms with Crippen LogP contribution in [-0.4, -0.2) is 6.04 Å². The Morgan fingerprint density at radius 1 is 1.35 bits per heavy atom. The molecule has 0 amide bonds. The van der Waals surface area contributed by atoms with Gasteiger partial charge in [-0.3, -0.25) is 11.3 Å². The summed E-state index contributed by atoms with van der Waals surface area (Å²) in [7, 11) is 0. The molecule has 0 radical (unpaired) electrons. The molecule has 0 bridgehead atoms. The Bertz CT molecular complexity index is 353. The summed E-state index contributed by atoms with van der Waals surface area (Å²) in [6, 6.07) is 5.09. The van der Waals surface area contributed by atoms with Gasteiger partial charge in [-0.05, 0) is 30.0 Å². The van der Waals surface area contributed by atoms with Gasteiger partial charge >= 0.3 is 0 Å². The van der Waals surface area contributed by atoms with Crippen LogP contribution in [0.4, 0.5) is 4.39 Å². The molecule has 0 heterocycles. The van der Waals surface area contributed by atoms with Gasteiger partial charge in [-0.15, -0.1) is 0 Å². The normalized spacial score (nSPS) is 13.1. The lowest BCUT2D eigenvalue weighted by Crippen LogP contribution is -2.42. The fourth-order valence-electron chi connectivity index (χ4n) is 2.14. The smallest absolute Gasteiger partial charge is 0.142 e. The van der Waals surface area contributed by atoms with Crippen LogP contribution in [0, 0.1) is 11.7 Å². The highest BCUT2D eigenvalue weighted by atomic mass is 35.5. The third-order valence-electron chi connectivity index (χ3n) is 3.27. The molecule has 1 rings (SSSR count). The molecule has 0 saturated carbocycles. The largest absolute Gasteiger partial charge is 0.271 e. The Hall–Kier alpha value is -0.640. The average Bonchev–Trinajstić information content (AvgIpc) is 2.33. The first-order valence-electron chi connectivity index (χ1n) is 6.02. The van der Waals surface area contributed by atoms with E-state index >= 15 is 0 Å². The Balaban J connectivity index is 2.76. The quantitative estimate of drug-likeness (QED) is 0.607. The maximum atomic E-state index is 13.3. The third kappa shape index (κ3) is 3.95. The lowest BCUT2D eigenvalue weighted by molar-refractivity contribution is 0.335. The number of nitrogens with two attached hydrogens (primary N) is 1. The van der Waals surface area contributed by atoms with Crippen LogP contribution in [-0.2, 0) is 6.42 Å². The van der Waals surface area contributed by atoms with E-state index in [4.69, 9.17) is 17.4 Å². The molecular formula is C13H20ClFN2. The van der Waals surface area contributed by atoms with Crippen molar-refractivity contribution in [1.82, 2.24) is 5.43 Å². The summed E-state index contributed by atoms with van der Waals surface area (Å²) in [5.41, 5.74) is 3.75. The molecule has 3 N–H and O–H groups in total. The fraction of sp³-hybridized carbons (Fsp3) is 0.538. The molecule has 96 valence electrons.